The van der Waals surface area contributed by atoms with E-state index in [-0.39, 0.29) is 0 Å². The van der Waals surface area contributed by atoms with Gasteiger partial charge in [0.05, 0.1) is 7.11 Å². The standard InChI is InChI=1S/C18H25NO/c1-3-4-5-6-7-8-10-15-12-13-17(20-2)18-16(15)11-9-14-19-18/h9,11-14H,3-8,10H2,1-2H3. The van der Waals surface area contributed by atoms with Gasteiger partial charge in [-0.1, -0.05) is 51.2 Å². The van der Waals surface area contributed by atoms with E-state index in [4.69, 9.17) is 4.74 Å². The van der Waals surface area contributed by atoms with E-state index in [2.05, 4.69) is 24.0 Å². The van der Waals surface area contributed by atoms with Crippen molar-refractivity contribution in [3.63, 3.8) is 0 Å². The number of nitrogens with zero attached hydrogens (tertiary/aromatic N) is 1. The van der Waals surface area contributed by atoms with Gasteiger partial charge in [0, 0.05) is 11.6 Å². The van der Waals surface area contributed by atoms with Crippen LogP contribution in [0.5, 0.6) is 5.75 Å². The van der Waals surface area contributed by atoms with E-state index in [1.54, 1.807) is 7.11 Å². The van der Waals surface area contributed by atoms with E-state index in [1.165, 1.54) is 49.5 Å². The quantitative estimate of drug-likeness (QED) is 0.620. The molecule has 2 nitrogen and oxygen atoms in total. The highest BCUT2D eigenvalue weighted by Gasteiger charge is 2.06. The van der Waals surface area contributed by atoms with Gasteiger partial charge in [0.25, 0.3) is 0 Å². The predicted molar refractivity (Wildman–Crippen MR) is 85.4 cm³/mol. The first-order valence-electron chi connectivity index (χ1n) is 7.77. The smallest absolute Gasteiger partial charge is 0.145 e. The molecule has 0 aliphatic carbocycles. The van der Waals surface area contributed by atoms with Crippen LogP contribution in [0.1, 0.15) is 51.0 Å². The minimum Gasteiger partial charge on any atom is -0.494 e. The molecule has 1 aromatic carbocycles. The number of unbranched alkanes of at least 4 members (excludes halogenated alkanes) is 5. The second kappa shape index (κ2) is 7.88. The summed E-state index contributed by atoms with van der Waals surface area (Å²) >= 11 is 0. The first-order valence-corrected chi connectivity index (χ1v) is 7.77. The lowest BCUT2D eigenvalue weighted by atomic mass is 10.0. The van der Waals surface area contributed by atoms with Crippen molar-refractivity contribution in [2.24, 2.45) is 0 Å². The number of rotatable bonds is 8. The van der Waals surface area contributed by atoms with Gasteiger partial charge in [0.2, 0.25) is 0 Å². The molecular formula is C18H25NO. The number of methoxy groups -OCH3 is 1. The number of aryl methyl sites for hydroxylation is 1. The number of fused-ring (bicyclic) bond motifs is 1. The van der Waals surface area contributed by atoms with Gasteiger partial charge < -0.3 is 4.74 Å². The van der Waals surface area contributed by atoms with Crippen LogP contribution >= 0.6 is 0 Å². The third kappa shape index (κ3) is 3.72. The van der Waals surface area contributed by atoms with E-state index >= 15 is 0 Å². The minimum atomic E-state index is 0.868. The Kier molecular flexibility index (Phi) is 5.85. The van der Waals surface area contributed by atoms with E-state index < -0.39 is 0 Å². The Hall–Kier alpha value is -1.57. The number of hydrogen-bond donors (Lipinski definition) is 0. The molecule has 0 saturated heterocycles. The van der Waals surface area contributed by atoms with Crippen LogP contribution < -0.4 is 4.74 Å². The van der Waals surface area contributed by atoms with Crippen LogP contribution in [-0.4, -0.2) is 12.1 Å². The van der Waals surface area contributed by atoms with Crippen LogP contribution in [-0.2, 0) is 6.42 Å². The summed E-state index contributed by atoms with van der Waals surface area (Å²) in [6.07, 6.45) is 11.0. The number of pyridine rings is 1. The Bertz CT molecular complexity index is 536. The predicted octanol–water partition coefficient (Wildman–Crippen LogP) is 5.15. The first kappa shape index (κ1) is 14.8. The zero-order valence-corrected chi connectivity index (χ0v) is 12.7. The van der Waals surface area contributed by atoms with Crippen molar-refractivity contribution in [2.75, 3.05) is 7.11 Å². The lowest BCUT2D eigenvalue weighted by molar-refractivity contribution is 0.418. The third-order valence-electron chi connectivity index (χ3n) is 3.84. The molecule has 2 aromatic rings. The van der Waals surface area contributed by atoms with Crippen LogP contribution in [0, 0.1) is 0 Å². The Morgan fingerprint density at radius 1 is 1.00 bits per heavy atom. The van der Waals surface area contributed by atoms with E-state index in [0.717, 1.165) is 17.7 Å². The maximum Gasteiger partial charge on any atom is 0.145 e. The highest BCUT2D eigenvalue weighted by atomic mass is 16.5. The molecule has 2 heteroatoms. The molecule has 0 radical (unpaired) electrons. The normalized spacial score (nSPS) is 10.9. The molecule has 0 spiro atoms. The lowest BCUT2D eigenvalue weighted by Gasteiger charge is -2.09. The van der Waals surface area contributed by atoms with Crippen molar-refractivity contribution in [2.45, 2.75) is 51.9 Å². The largest absolute Gasteiger partial charge is 0.494 e. The fourth-order valence-electron chi connectivity index (χ4n) is 2.68. The molecule has 1 heterocycles. The van der Waals surface area contributed by atoms with Crippen molar-refractivity contribution < 1.29 is 4.74 Å². The van der Waals surface area contributed by atoms with Crippen molar-refractivity contribution in [1.82, 2.24) is 4.98 Å². The summed E-state index contributed by atoms with van der Waals surface area (Å²) in [6, 6.07) is 8.39. The van der Waals surface area contributed by atoms with E-state index in [9.17, 15) is 0 Å². The molecule has 2 rings (SSSR count). The maximum atomic E-state index is 5.39. The first-order chi connectivity index (χ1) is 9.86. The second-order valence-corrected chi connectivity index (χ2v) is 5.34. The minimum absolute atomic E-state index is 0.868. The second-order valence-electron chi connectivity index (χ2n) is 5.34. The Labute approximate surface area is 122 Å². The molecule has 108 valence electrons. The Morgan fingerprint density at radius 3 is 2.60 bits per heavy atom. The Morgan fingerprint density at radius 2 is 1.80 bits per heavy atom. The number of hydrogen-bond acceptors (Lipinski definition) is 2. The Balaban J connectivity index is 2.00. The van der Waals surface area contributed by atoms with Crippen molar-refractivity contribution in [3.05, 3.63) is 36.0 Å². The van der Waals surface area contributed by atoms with Gasteiger partial charge in [-0.25, -0.2) is 0 Å². The van der Waals surface area contributed by atoms with Crippen LogP contribution in [0.15, 0.2) is 30.5 Å². The van der Waals surface area contributed by atoms with Gasteiger partial charge in [-0.15, -0.1) is 0 Å². The van der Waals surface area contributed by atoms with Crippen LogP contribution in [0.3, 0.4) is 0 Å². The van der Waals surface area contributed by atoms with E-state index in [1.807, 2.05) is 18.3 Å². The van der Waals surface area contributed by atoms with Gasteiger partial charge in [-0.3, -0.25) is 4.98 Å². The van der Waals surface area contributed by atoms with Gasteiger partial charge in [0.15, 0.2) is 0 Å². The molecule has 0 saturated carbocycles. The molecule has 0 fully saturated rings. The highest BCUT2D eigenvalue weighted by molar-refractivity contribution is 5.87. The fourth-order valence-corrected chi connectivity index (χ4v) is 2.68. The van der Waals surface area contributed by atoms with Gasteiger partial charge in [0.1, 0.15) is 11.3 Å². The lowest BCUT2D eigenvalue weighted by Crippen LogP contribution is -1.93. The average molecular weight is 271 g/mol. The van der Waals surface area contributed by atoms with Crippen molar-refractivity contribution >= 4 is 10.9 Å². The molecule has 0 unspecified atom stereocenters. The molecule has 0 N–H and O–H groups in total. The molecule has 1 aromatic heterocycles. The van der Waals surface area contributed by atoms with Gasteiger partial charge in [-0.2, -0.15) is 0 Å². The zero-order valence-electron chi connectivity index (χ0n) is 12.7. The molecule has 0 aliphatic rings. The fraction of sp³-hybridized carbons (Fsp3) is 0.500. The number of aromatic nitrogens is 1. The zero-order chi connectivity index (χ0) is 14.2. The monoisotopic (exact) mass is 271 g/mol. The molecular weight excluding hydrogens is 246 g/mol. The van der Waals surface area contributed by atoms with Crippen molar-refractivity contribution in [1.29, 1.82) is 0 Å². The summed E-state index contributed by atoms with van der Waals surface area (Å²) < 4.78 is 5.39. The summed E-state index contributed by atoms with van der Waals surface area (Å²) in [7, 11) is 1.71. The molecule has 0 atom stereocenters. The van der Waals surface area contributed by atoms with Gasteiger partial charge >= 0.3 is 0 Å². The van der Waals surface area contributed by atoms with Crippen LogP contribution in [0.4, 0.5) is 0 Å². The molecule has 0 bridgehead atoms. The average Bonchev–Trinajstić information content (AvgIpc) is 2.50. The molecule has 0 amide bonds. The topological polar surface area (TPSA) is 22.1 Å². The molecule has 0 aliphatic heterocycles. The molecule has 20 heavy (non-hydrogen) atoms. The summed E-state index contributed by atoms with van der Waals surface area (Å²) in [5.41, 5.74) is 2.38. The summed E-state index contributed by atoms with van der Waals surface area (Å²) in [5.74, 6) is 0.868. The highest BCUT2D eigenvalue weighted by Crippen LogP contribution is 2.27. The van der Waals surface area contributed by atoms with Gasteiger partial charge in [-0.05, 0) is 30.5 Å². The number of benzene rings is 1. The van der Waals surface area contributed by atoms with E-state index in [0.29, 0.717) is 0 Å². The SMILES string of the molecule is CCCCCCCCc1ccc(OC)c2ncccc12. The van der Waals surface area contributed by atoms with Crippen molar-refractivity contribution in [3.8, 4) is 5.75 Å². The summed E-state index contributed by atoms with van der Waals surface area (Å²) in [6.45, 7) is 2.26. The summed E-state index contributed by atoms with van der Waals surface area (Å²) in [5, 5.41) is 1.24. The number of ether oxygens (including phenoxy) is 1. The summed E-state index contributed by atoms with van der Waals surface area (Å²) in [4.78, 5) is 4.46. The third-order valence-corrected chi connectivity index (χ3v) is 3.84. The van der Waals surface area contributed by atoms with Crippen LogP contribution in [0.25, 0.3) is 10.9 Å². The van der Waals surface area contributed by atoms with Crippen LogP contribution in [0.2, 0.25) is 0 Å². The maximum absolute atomic E-state index is 5.39.